The van der Waals surface area contributed by atoms with E-state index in [1.54, 1.807) is 12.1 Å². The van der Waals surface area contributed by atoms with Crippen molar-refractivity contribution in [1.82, 2.24) is 9.88 Å². The first-order valence-electron chi connectivity index (χ1n) is 5.38. The fourth-order valence-electron chi connectivity index (χ4n) is 1.44. The Labute approximate surface area is 125 Å². The molecule has 0 spiro atoms. The lowest BCUT2D eigenvalue weighted by atomic mass is 10.2. The van der Waals surface area contributed by atoms with Crippen molar-refractivity contribution in [3.05, 3.63) is 46.8 Å². The van der Waals surface area contributed by atoms with E-state index in [2.05, 4.69) is 14.4 Å². The average molecular weight is 332 g/mol. The highest BCUT2D eigenvalue weighted by atomic mass is 35.5. The zero-order chi connectivity index (χ0) is 14.8. The minimum absolute atomic E-state index is 0.00748. The van der Waals surface area contributed by atoms with Crippen LogP contribution in [0, 0.1) is 0 Å². The molecule has 9 heteroatoms. The van der Waals surface area contributed by atoms with E-state index >= 15 is 0 Å². The lowest BCUT2D eigenvalue weighted by molar-refractivity contribution is 0.411. The predicted octanol–water partition coefficient (Wildman–Crippen LogP) is 1.44. The van der Waals surface area contributed by atoms with Crippen LogP contribution in [0.25, 0.3) is 0 Å². The Kier molecular flexibility index (Phi) is 4.39. The van der Waals surface area contributed by atoms with E-state index in [4.69, 9.17) is 29.6 Å². The number of hydrogen-bond donors (Lipinski definition) is 2. The molecule has 1 heterocycles. The first-order valence-corrected chi connectivity index (χ1v) is 7.65. The van der Waals surface area contributed by atoms with Gasteiger partial charge in [0.05, 0.1) is 17.3 Å². The Balaban J connectivity index is 2.28. The van der Waals surface area contributed by atoms with Crippen LogP contribution in [0.1, 0.15) is 11.3 Å². The molecule has 0 saturated carbocycles. The Morgan fingerprint density at radius 1 is 1.45 bits per heavy atom. The fraction of sp³-hybridized carbons (Fsp3) is 0.0909. The van der Waals surface area contributed by atoms with Crippen molar-refractivity contribution < 1.29 is 12.9 Å². The minimum atomic E-state index is -3.80. The van der Waals surface area contributed by atoms with Crippen molar-refractivity contribution in [1.29, 1.82) is 0 Å². The number of sulfonamides is 1. The first kappa shape index (κ1) is 14.9. The summed E-state index contributed by atoms with van der Waals surface area (Å²) in [6.45, 7) is -0.00748. The van der Waals surface area contributed by atoms with E-state index in [-0.39, 0.29) is 21.5 Å². The highest BCUT2D eigenvalue weighted by Gasteiger charge is 2.19. The number of nitrogens with two attached hydrogens (primary N) is 1. The Morgan fingerprint density at radius 2 is 2.20 bits per heavy atom. The zero-order valence-corrected chi connectivity index (χ0v) is 12.4. The largest absolute Gasteiger partial charge is 0.389 e. The molecular formula is C11H10ClN3O3S2. The van der Waals surface area contributed by atoms with Gasteiger partial charge in [0.15, 0.2) is 0 Å². The fourth-order valence-corrected chi connectivity index (χ4v) is 3.09. The summed E-state index contributed by atoms with van der Waals surface area (Å²) in [7, 11) is -3.80. The third-order valence-corrected chi connectivity index (χ3v) is 4.56. The number of halogens is 1. The summed E-state index contributed by atoms with van der Waals surface area (Å²) in [4.78, 5) is 0.00239. The molecule has 0 unspecified atom stereocenters. The van der Waals surface area contributed by atoms with E-state index < -0.39 is 10.0 Å². The molecular weight excluding hydrogens is 322 g/mol. The van der Waals surface area contributed by atoms with Crippen molar-refractivity contribution in [2.75, 3.05) is 0 Å². The van der Waals surface area contributed by atoms with Crippen LogP contribution >= 0.6 is 23.8 Å². The quantitative estimate of drug-likeness (QED) is 0.804. The lowest BCUT2D eigenvalue weighted by Gasteiger charge is -2.08. The van der Waals surface area contributed by atoms with Gasteiger partial charge in [-0.25, -0.2) is 13.1 Å². The molecule has 0 bridgehead atoms. The van der Waals surface area contributed by atoms with Gasteiger partial charge in [-0.1, -0.05) is 35.0 Å². The first-order chi connectivity index (χ1) is 9.40. The van der Waals surface area contributed by atoms with E-state index in [0.29, 0.717) is 11.3 Å². The number of nitrogens with one attached hydrogen (secondary N) is 1. The summed E-state index contributed by atoms with van der Waals surface area (Å²) in [5.41, 5.74) is 6.35. The summed E-state index contributed by atoms with van der Waals surface area (Å²) >= 11 is 10.7. The van der Waals surface area contributed by atoms with Crippen LogP contribution in [0.15, 0.2) is 39.9 Å². The summed E-state index contributed by atoms with van der Waals surface area (Å²) < 4.78 is 31.4. The number of nitrogens with zero attached hydrogens (tertiary/aromatic N) is 1. The maximum Gasteiger partial charge on any atom is 0.242 e. The second kappa shape index (κ2) is 5.88. The molecule has 0 aliphatic carbocycles. The van der Waals surface area contributed by atoms with Crippen LogP contribution in [0.3, 0.4) is 0 Å². The van der Waals surface area contributed by atoms with E-state index in [1.807, 2.05) is 0 Å². The summed E-state index contributed by atoms with van der Waals surface area (Å²) in [5.74, 6) is 0. The van der Waals surface area contributed by atoms with Gasteiger partial charge in [0.2, 0.25) is 10.0 Å². The zero-order valence-electron chi connectivity index (χ0n) is 10.0. The van der Waals surface area contributed by atoms with Crippen LogP contribution in [-0.4, -0.2) is 18.6 Å². The summed E-state index contributed by atoms with van der Waals surface area (Å²) in [6, 6.07) is 5.87. The number of hydrogen-bond acceptors (Lipinski definition) is 5. The highest BCUT2D eigenvalue weighted by Crippen LogP contribution is 2.22. The van der Waals surface area contributed by atoms with Gasteiger partial charge in [0.25, 0.3) is 0 Å². The molecule has 0 saturated heterocycles. The molecule has 106 valence electrons. The number of benzene rings is 1. The van der Waals surface area contributed by atoms with Crippen LogP contribution in [0.5, 0.6) is 0 Å². The molecule has 1 aromatic carbocycles. The van der Waals surface area contributed by atoms with Crippen molar-refractivity contribution in [3.8, 4) is 0 Å². The van der Waals surface area contributed by atoms with Gasteiger partial charge in [-0.2, -0.15) is 0 Å². The third kappa shape index (κ3) is 3.34. The van der Waals surface area contributed by atoms with E-state index in [9.17, 15) is 8.42 Å². The second-order valence-electron chi connectivity index (χ2n) is 3.82. The van der Waals surface area contributed by atoms with Gasteiger partial charge in [0, 0.05) is 11.6 Å². The standard InChI is InChI=1S/C11H10ClN3O3S2/c12-9-2-1-7(11(13)19)5-10(9)20(16,17)14-6-8-3-4-18-15-8/h1-5,14H,6H2,(H2,13,19). The molecule has 0 aliphatic heterocycles. The van der Waals surface area contributed by atoms with Gasteiger partial charge in [-0.3, -0.25) is 0 Å². The number of rotatable bonds is 5. The Bertz CT molecular complexity index is 729. The van der Waals surface area contributed by atoms with Gasteiger partial charge in [-0.15, -0.1) is 0 Å². The topological polar surface area (TPSA) is 98.2 Å². The second-order valence-corrected chi connectivity index (χ2v) is 6.41. The molecule has 20 heavy (non-hydrogen) atoms. The van der Waals surface area contributed by atoms with Gasteiger partial charge >= 0.3 is 0 Å². The highest BCUT2D eigenvalue weighted by molar-refractivity contribution is 7.89. The average Bonchev–Trinajstić information content (AvgIpc) is 2.89. The molecule has 2 rings (SSSR count). The Hall–Kier alpha value is -1.48. The smallest absolute Gasteiger partial charge is 0.242 e. The molecule has 0 atom stereocenters. The summed E-state index contributed by atoms with van der Waals surface area (Å²) in [5, 5.41) is 3.69. The maximum atomic E-state index is 12.2. The van der Waals surface area contributed by atoms with Gasteiger partial charge < -0.3 is 10.3 Å². The number of aromatic nitrogens is 1. The molecule has 0 amide bonds. The molecule has 6 nitrogen and oxygen atoms in total. The van der Waals surface area contributed by atoms with E-state index in [1.165, 1.54) is 18.4 Å². The third-order valence-electron chi connectivity index (χ3n) is 2.44. The normalized spacial score (nSPS) is 11.4. The molecule has 0 radical (unpaired) electrons. The summed E-state index contributed by atoms with van der Waals surface area (Å²) in [6.07, 6.45) is 1.35. The molecule has 0 fully saturated rings. The van der Waals surface area contributed by atoms with Crippen molar-refractivity contribution in [2.45, 2.75) is 11.4 Å². The van der Waals surface area contributed by atoms with E-state index in [0.717, 1.165) is 0 Å². The van der Waals surface area contributed by atoms with Crippen LogP contribution in [-0.2, 0) is 16.6 Å². The lowest BCUT2D eigenvalue weighted by Crippen LogP contribution is -2.24. The van der Waals surface area contributed by atoms with Gasteiger partial charge in [-0.05, 0) is 12.1 Å². The predicted molar refractivity (Wildman–Crippen MR) is 77.9 cm³/mol. The van der Waals surface area contributed by atoms with Crippen LogP contribution in [0.2, 0.25) is 5.02 Å². The minimum Gasteiger partial charge on any atom is -0.389 e. The maximum absolute atomic E-state index is 12.2. The van der Waals surface area contributed by atoms with Crippen molar-refractivity contribution in [3.63, 3.8) is 0 Å². The van der Waals surface area contributed by atoms with Crippen LogP contribution < -0.4 is 10.5 Å². The van der Waals surface area contributed by atoms with Crippen LogP contribution in [0.4, 0.5) is 0 Å². The molecule has 2 aromatic rings. The Morgan fingerprint density at radius 3 is 2.80 bits per heavy atom. The number of thiocarbonyl (C=S) groups is 1. The molecule has 0 aliphatic rings. The molecule has 3 N–H and O–H groups in total. The van der Waals surface area contributed by atoms with Crippen molar-refractivity contribution >= 4 is 38.8 Å². The SMILES string of the molecule is NC(=S)c1ccc(Cl)c(S(=O)(=O)NCc2ccon2)c1. The molecule has 1 aromatic heterocycles. The monoisotopic (exact) mass is 331 g/mol. The van der Waals surface area contributed by atoms with Crippen molar-refractivity contribution in [2.24, 2.45) is 5.73 Å². The van der Waals surface area contributed by atoms with Gasteiger partial charge in [0.1, 0.15) is 16.1 Å².